The second kappa shape index (κ2) is 10.8. The molecule has 36 heavy (non-hydrogen) atoms. The maximum absolute atomic E-state index is 13.3. The van der Waals surface area contributed by atoms with E-state index in [1.54, 1.807) is 19.2 Å². The largest absolute Gasteiger partial charge is 1.00 e. The number of anilines is 1. The Bertz CT molecular complexity index is 1050. The normalized spacial score (nSPS) is 29.6. The maximum Gasteiger partial charge on any atom is 1.00 e. The predicted octanol–water partition coefficient (Wildman–Crippen LogP) is -1.65. The van der Waals surface area contributed by atoms with Crippen molar-refractivity contribution in [1.29, 1.82) is 0 Å². The summed E-state index contributed by atoms with van der Waals surface area (Å²) in [6.45, 7) is 9.67. The molecule has 0 bridgehead atoms. The Morgan fingerprint density at radius 3 is 2.50 bits per heavy atom. The van der Waals surface area contributed by atoms with Crippen molar-refractivity contribution in [2.75, 3.05) is 5.73 Å². The van der Waals surface area contributed by atoms with Crippen LogP contribution in [0.3, 0.4) is 0 Å². The molecule has 3 N–H and O–H groups in total. The van der Waals surface area contributed by atoms with E-state index in [2.05, 4.69) is 22.4 Å². The molecule has 2 saturated heterocycles. The predicted molar refractivity (Wildman–Crippen MR) is 132 cm³/mol. The third kappa shape index (κ3) is 5.57. The summed E-state index contributed by atoms with van der Waals surface area (Å²) in [6.07, 6.45) is 4.30. The number of thioether (sulfide) groups is 1. The zero-order valence-electron chi connectivity index (χ0n) is 21.6. The molecule has 1 aliphatic carbocycles. The minimum absolute atomic E-state index is 0. The minimum Gasteiger partial charge on any atom is -0.548 e. The molecule has 2 amide bonds. The Morgan fingerprint density at radius 2 is 1.94 bits per heavy atom. The number of carbonyl (C=O) groups is 3. The number of aromatic nitrogens is 1. The summed E-state index contributed by atoms with van der Waals surface area (Å²) in [5.41, 5.74) is 5.38. The maximum atomic E-state index is 13.3. The van der Waals surface area contributed by atoms with Gasteiger partial charge in [0.05, 0.1) is 12.0 Å². The van der Waals surface area contributed by atoms with E-state index in [0.717, 1.165) is 25.7 Å². The van der Waals surface area contributed by atoms with Crippen LogP contribution in [0.1, 0.15) is 66.0 Å². The zero-order chi connectivity index (χ0) is 25.7. The number of nitrogens with one attached hydrogen (secondary N) is 1. The van der Waals surface area contributed by atoms with Gasteiger partial charge in [-0.25, -0.2) is 4.98 Å². The summed E-state index contributed by atoms with van der Waals surface area (Å²) in [4.78, 5) is 49.1. The summed E-state index contributed by atoms with van der Waals surface area (Å²) in [6, 6.07) is -1.95. The summed E-state index contributed by atoms with van der Waals surface area (Å²) in [7, 11) is 0. The molecule has 3 aliphatic rings. The van der Waals surface area contributed by atoms with Crippen LogP contribution in [0.25, 0.3) is 0 Å². The smallest absolute Gasteiger partial charge is 0.548 e. The van der Waals surface area contributed by atoms with Gasteiger partial charge in [0.25, 0.3) is 5.91 Å². The van der Waals surface area contributed by atoms with E-state index in [-0.39, 0.29) is 46.1 Å². The third-order valence-electron chi connectivity index (χ3n) is 7.30. The van der Waals surface area contributed by atoms with Gasteiger partial charge in [0, 0.05) is 16.0 Å². The van der Waals surface area contributed by atoms with Gasteiger partial charge in [0.15, 0.2) is 10.8 Å². The van der Waals surface area contributed by atoms with Crippen molar-refractivity contribution in [2.24, 2.45) is 17.0 Å². The SMILES string of the molecule is CC1CCC(C(C)(C)O/N=C(\C(=O)N[C@H]2C(=O)N3[C@@H]2SC(C)(C)[C@@H]3C(=O)[O-])c2csc(N)n2)CC1.[Na+]. The number of hydrogen-bond donors (Lipinski definition) is 2. The number of oxime groups is 1. The number of aliphatic carboxylic acids is 1. The van der Waals surface area contributed by atoms with E-state index < -0.39 is 45.6 Å². The number of carboxylic acid groups (broad SMARTS) is 1. The van der Waals surface area contributed by atoms with Crippen LogP contribution < -0.4 is 45.7 Å². The van der Waals surface area contributed by atoms with Crippen LogP contribution in [0.15, 0.2) is 10.5 Å². The van der Waals surface area contributed by atoms with E-state index in [4.69, 9.17) is 10.6 Å². The number of nitrogens with zero attached hydrogens (tertiary/aromatic N) is 3. The van der Waals surface area contributed by atoms with Gasteiger partial charge >= 0.3 is 29.6 Å². The van der Waals surface area contributed by atoms with Gasteiger partial charge in [0.2, 0.25) is 5.91 Å². The number of hydrogen-bond acceptors (Lipinski definition) is 10. The number of fused-ring (bicyclic) bond motifs is 1. The van der Waals surface area contributed by atoms with E-state index in [9.17, 15) is 19.5 Å². The fraction of sp³-hybridized carbons (Fsp3) is 0.696. The molecule has 3 atom stereocenters. The number of carboxylic acids is 1. The number of carbonyl (C=O) groups excluding carboxylic acids is 3. The number of nitrogens with two attached hydrogens (primary N) is 1. The van der Waals surface area contributed by atoms with Crippen LogP contribution in [0.5, 0.6) is 0 Å². The molecule has 13 heteroatoms. The molecular weight excluding hydrogens is 513 g/mol. The van der Waals surface area contributed by atoms with Crippen LogP contribution in [-0.4, -0.2) is 61.2 Å². The summed E-state index contributed by atoms with van der Waals surface area (Å²) in [5.74, 6) is -1.41. The fourth-order valence-electron chi connectivity index (χ4n) is 5.13. The minimum atomic E-state index is -1.31. The van der Waals surface area contributed by atoms with Crippen molar-refractivity contribution >= 4 is 51.7 Å². The van der Waals surface area contributed by atoms with Crippen molar-refractivity contribution in [1.82, 2.24) is 15.2 Å². The first kappa shape index (κ1) is 29.2. The molecule has 2 aliphatic heterocycles. The summed E-state index contributed by atoms with van der Waals surface area (Å²) in [5, 5.41) is 20.0. The van der Waals surface area contributed by atoms with Crippen LogP contribution in [-0.2, 0) is 19.2 Å². The number of nitrogen functional groups attached to an aromatic ring is 1. The molecule has 0 unspecified atom stereocenters. The molecule has 10 nitrogen and oxygen atoms in total. The molecule has 0 radical (unpaired) electrons. The molecular formula is C23H32N5NaO5S2. The van der Waals surface area contributed by atoms with Crippen molar-refractivity contribution in [3.05, 3.63) is 11.1 Å². The average molecular weight is 546 g/mol. The molecule has 0 aromatic carbocycles. The molecule has 3 fully saturated rings. The van der Waals surface area contributed by atoms with Gasteiger partial charge in [0.1, 0.15) is 22.7 Å². The molecule has 192 valence electrons. The first-order chi connectivity index (χ1) is 16.3. The Kier molecular flexibility index (Phi) is 8.77. The quantitative estimate of drug-likeness (QED) is 0.179. The summed E-state index contributed by atoms with van der Waals surface area (Å²) >= 11 is 2.49. The molecule has 1 saturated carbocycles. The number of rotatable bonds is 7. The van der Waals surface area contributed by atoms with Gasteiger partial charge in [-0.15, -0.1) is 23.1 Å². The van der Waals surface area contributed by atoms with Gasteiger partial charge in [-0.05, 0) is 46.5 Å². The second-order valence-corrected chi connectivity index (χ2v) is 13.4. The van der Waals surface area contributed by atoms with Crippen LogP contribution >= 0.6 is 23.1 Å². The summed E-state index contributed by atoms with van der Waals surface area (Å²) < 4.78 is -0.746. The van der Waals surface area contributed by atoms with Crippen molar-refractivity contribution < 1.29 is 53.9 Å². The van der Waals surface area contributed by atoms with Gasteiger partial charge in [-0.3, -0.25) is 9.59 Å². The molecule has 0 spiro atoms. The number of amides is 2. The standard InChI is InChI=1S/C23H33N5O5S2.Na/c1-11-6-8-12(9-7-11)22(2,3)33-27-14(13-10-34-21(24)25-13)17(29)26-15-18(30)28-16(20(31)32)23(4,5)35-19(15)28;/h10-12,15-16,19H,6-9H2,1-5H3,(H2,24,25)(H,26,29)(H,31,32);/q;+1/p-1/b27-14-;/t11?,12?,15-,16-,19+;/m0./s1. The van der Waals surface area contributed by atoms with Crippen molar-refractivity contribution in [3.63, 3.8) is 0 Å². The van der Waals surface area contributed by atoms with Crippen molar-refractivity contribution in [2.45, 2.75) is 88.1 Å². The van der Waals surface area contributed by atoms with Crippen LogP contribution in [0.2, 0.25) is 0 Å². The number of β-lactam (4-membered cyclic amide) rings is 1. The first-order valence-electron chi connectivity index (χ1n) is 11.8. The van der Waals surface area contributed by atoms with E-state index >= 15 is 0 Å². The van der Waals surface area contributed by atoms with Gasteiger partial charge in [-0.2, -0.15) is 0 Å². The topological polar surface area (TPSA) is 150 Å². The second-order valence-electron chi connectivity index (χ2n) is 10.7. The molecule has 1 aromatic rings. The molecule has 1 aromatic heterocycles. The van der Waals surface area contributed by atoms with Gasteiger partial charge in [-0.1, -0.05) is 24.9 Å². The Hall–Kier alpha value is -1.34. The molecule has 4 rings (SSSR count). The third-order valence-corrected chi connectivity index (χ3v) is 9.55. The van der Waals surface area contributed by atoms with Gasteiger partial charge < -0.3 is 30.7 Å². The Labute approximate surface area is 241 Å². The Balaban J connectivity index is 0.00000361. The van der Waals surface area contributed by atoms with Crippen LogP contribution in [0, 0.1) is 11.8 Å². The monoisotopic (exact) mass is 545 g/mol. The molecule has 3 heterocycles. The van der Waals surface area contributed by atoms with E-state index in [0.29, 0.717) is 11.8 Å². The average Bonchev–Trinajstić information content (AvgIpc) is 3.30. The van der Waals surface area contributed by atoms with E-state index in [1.165, 1.54) is 28.0 Å². The van der Waals surface area contributed by atoms with Crippen LogP contribution in [0.4, 0.5) is 5.13 Å². The number of thiazole rings is 1. The fourth-order valence-corrected chi connectivity index (χ4v) is 7.30. The zero-order valence-corrected chi connectivity index (χ0v) is 25.2. The van der Waals surface area contributed by atoms with E-state index in [1.807, 2.05) is 13.8 Å². The van der Waals surface area contributed by atoms with Crippen molar-refractivity contribution in [3.8, 4) is 0 Å². The first-order valence-corrected chi connectivity index (χ1v) is 13.6. The Morgan fingerprint density at radius 1 is 1.31 bits per heavy atom.